The van der Waals surface area contributed by atoms with E-state index in [2.05, 4.69) is 26.5 Å². The van der Waals surface area contributed by atoms with Gasteiger partial charge in [-0.15, -0.1) is 5.10 Å². The third kappa shape index (κ3) is 3.49. The summed E-state index contributed by atoms with van der Waals surface area (Å²) in [5.74, 6) is 1.10. The number of amides is 2. The first-order valence-corrected chi connectivity index (χ1v) is 11.1. The van der Waals surface area contributed by atoms with Crippen LogP contribution in [0.3, 0.4) is 0 Å². The van der Waals surface area contributed by atoms with Crippen molar-refractivity contribution in [1.29, 1.82) is 0 Å². The lowest BCUT2D eigenvalue weighted by Crippen LogP contribution is -2.62. The van der Waals surface area contributed by atoms with Crippen molar-refractivity contribution in [3.8, 4) is 0 Å². The van der Waals surface area contributed by atoms with Crippen LogP contribution >= 0.6 is 0 Å². The van der Waals surface area contributed by atoms with Gasteiger partial charge in [0.25, 0.3) is 0 Å². The number of hydrogen-bond donors (Lipinski definition) is 1. The Kier molecular flexibility index (Phi) is 4.50. The van der Waals surface area contributed by atoms with E-state index in [1.165, 1.54) is 18.4 Å². The van der Waals surface area contributed by atoms with Gasteiger partial charge in [0.05, 0.1) is 23.2 Å². The summed E-state index contributed by atoms with van der Waals surface area (Å²) in [5, 5.41) is 11.5. The summed E-state index contributed by atoms with van der Waals surface area (Å²) >= 11 is 0. The van der Waals surface area contributed by atoms with Crippen LogP contribution in [0.2, 0.25) is 0 Å². The molecule has 9 heteroatoms. The van der Waals surface area contributed by atoms with Gasteiger partial charge in [-0.05, 0) is 43.7 Å². The lowest BCUT2D eigenvalue weighted by atomic mass is 9.96. The van der Waals surface area contributed by atoms with Gasteiger partial charge >= 0.3 is 6.03 Å². The largest absolute Gasteiger partial charge is 0.351 e. The van der Waals surface area contributed by atoms with Crippen LogP contribution in [0.25, 0.3) is 0 Å². The van der Waals surface area contributed by atoms with Gasteiger partial charge in [-0.3, -0.25) is 0 Å². The molecule has 1 atom stereocenters. The molecule has 0 saturated carbocycles. The van der Waals surface area contributed by atoms with E-state index in [0.29, 0.717) is 6.42 Å². The van der Waals surface area contributed by atoms with E-state index >= 15 is 0 Å². The summed E-state index contributed by atoms with van der Waals surface area (Å²) < 4.78 is 23.0. The molecule has 8 nitrogen and oxygen atoms in total. The van der Waals surface area contributed by atoms with Gasteiger partial charge in [0.1, 0.15) is 0 Å². The Hall–Kier alpha value is -1.90. The molecule has 1 unspecified atom stereocenters. The molecule has 4 rings (SSSR count). The topological polar surface area (TPSA) is 95.5 Å². The molecule has 1 aromatic heterocycles. The maximum absolute atomic E-state index is 12.4. The molecule has 0 aromatic carbocycles. The predicted molar refractivity (Wildman–Crippen MR) is 98.0 cm³/mol. The van der Waals surface area contributed by atoms with E-state index < -0.39 is 9.84 Å². The molecule has 2 aliphatic heterocycles. The maximum Gasteiger partial charge on any atom is 0.317 e. The summed E-state index contributed by atoms with van der Waals surface area (Å²) in [6.45, 7) is 1.45. The van der Waals surface area contributed by atoms with Gasteiger partial charge < -0.3 is 15.1 Å². The normalized spacial score (nSPS) is 24.7. The molecule has 0 spiro atoms. The predicted octanol–water partition coefficient (Wildman–Crippen LogP) is 0.373. The average molecular weight is 379 g/mol. The van der Waals surface area contributed by atoms with Crippen LogP contribution < -0.4 is 10.2 Å². The van der Waals surface area contributed by atoms with Crippen molar-refractivity contribution in [2.75, 3.05) is 36.5 Å². The lowest BCUT2D eigenvalue weighted by molar-refractivity contribution is 0.175. The zero-order valence-corrected chi connectivity index (χ0v) is 15.8. The Morgan fingerprint density at radius 1 is 1.27 bits per heavy atom. The fourth-order valence-corrected chi connectivity index (χ4v) is 5.55. The molecular weight excluding hydrogens is 354 g/mol. The molecule has 3 heterocycles. The second-order valence-corrected chi connectivity index (χ2v) is 9.83. The third-order valence-corrected chi connectivity index (χ3v) is 7.44. The number of aryl methyl sites for hydroxylation is 2. The standard InChI is InChI=1S/C17H25N5O3S/c1-21(17(23)18-13-6-7-26(24,25)11-13)14-9-22(10-14)16-8-12-4-2-3-5-15(12)19-20-16/h8,13-14H,2-7,9-11H2,1H3,(H,18,23). The fourth-order valence-electron chi connectivity index (χ4n) is 3.87. The van der Waals surface area contributed by atoms with Crippen molar-refractivity contribution in [3.63, 3.8) is 0 Å². The van der Waals surface area contributed by atoms with E-state index in [1.807, 2.05) is 0 Å². The van der Waals surface area contributed by atoms with Gasteiger partial charge in [0.15, 0.2) is 15.7 Å². The van der Waals surface area contributed by atoms with Crippen LogP contribution in [-0.4, -0.2) is 73.3 Å². The number of carbonyl (C=O) groups is 1. The quantitative estimate of drug-likeness (QED) is 0.815. The van der Waals surface area contributed by atoms with Crippen molar-refractivity contribution in [2.24, 2.45) is 0 Å². The van der Waals surface area contributed by atoms with E-state index in [9.17, 15) is 13.2 Å². The summed E-state index contributed by atoms with van der Waals surface area (Å²) in [5.41, 5.74) is 2.43. The molecule has 0 bridgehead atoms. The van der Waals surface area contributed by atoms with Crippen molar-refractivity contribution >= 4 is 21.7 Å². The molecule has 1 aromatic rings. The van der Waals surface area contributed by atoms with Crippen molar-refractivity contribution in [2.45, 2.75) is 44.2 Å². The van der Waals surface area contributed by atoms with Crippen LogP contribution in [-0.2, 0) is 22.7 Å². The van der Waals surface area contributed by atoms with Crippen LogP contribution in [0.1, 0.15) is 30.5 Å². The Bertz CT molecular complexity index is 807. The second-order valence-electron chi connectivity index (χ2n) is 7.60. The number of nitrogens with zero attached hydrogens (tertiary/aromatic N) is 4. The zero-order valence-electron chi connectivity index (χ0n) is 15.0. The summed E-state index contributed by atoms with van der Waals surface area (Å²) in [7, 11) is -1.22. The molecule has 0 radical (unpaired) electrons. The van der Waals surface area contributed by atoms with E-state index in [4.69, 9.17) is 0 Å². The molecule has 26 heavy (non-hydrogen) atoms. The average Bonchev–Trinajstić information content (AvgIpc) is 2.91. The van der Waals surface area contributed by atoms with Gasteiger partial charge in [-0.1, -0.05) is 0 Å². The highest BCUT2D eigenvalue weighted by Gasteiger charge is 2.36. The van der Waals surface area contributed by atoms with Crippen LogP contribution in [0.5, 0.6) is 0 Å². The Morgan fingerprint density at radius 3 is 2.77 bits per heavy atom. The summed E-state index contributed by atoms with van der Waals surface area (Å²) in [4.78, 5) is 16.2. The summed E-state index contributed by atoms with van der Waals surface area (Å²) in [6, 6.07) is 1.78. The molecule has 1 aliphatic carbocycles. The molecule has 142 valence electrons. The number of rotatable bonds is 3. The number of likely N-dealkylation sites (N-methyl/N-ethyl adjacent to an activating group) is 1. The Morgan fingerprint density at radius 2 is 2.04 bits per heavy atom. The molecule has 2 amide bonds. The molecule has 2 fully saturated rings. The van der Waals surface area contributed by atoms with Crippen molar-refractivity contribution < 1.29 is 13.2 Å². The first kappa shape index (κ1) is 17.5. The molecule has 1 N–H and O–H groups in total. The minimum Gasteiger partial charge on any atom is -0.351 e. The number of anilines is 1. The number of carbonyl (C=O) groups excluding carboxylic acids is 1. The van der Waals surface area contributed by atoms with Crippen LogP contribution in [0.4, 0.5) is 10.6 Å². The molecular formula is C17H25N5O3S. The number of nitrogens with one attached hydrogen (secondary N) is 1. The monoisotopic (exact) mass is 379 g/mol. The number of hydrogen-bond acceptors (Lipinski definition) is 6. The first-order valence-electron chi connectivity index (χ1n) is 9.25. The van der Waals surface area contributed by atoms with E-state index in [0.717, 1.165) is 37.4 Å². The highest BCUT2D eigenvalue weighted by Crippen LogP contribution is 2.26. The fraction of sp³-hybridized carbons (Fsp3) is 0.706. The lowest BCUT2D eigenvalue weighted by Gasteiger charge is -2.44. The van der Waals surface area contributed by atoms with Crippen LogP contribution in [0.15, 0.2) is 6.07 Å². The zero-order chi connectivity index (χ0) is 18.3. The summed E-state index contributed by atoms with van der Waals surface area (Å²) in [6.07, 6.45) is 4.99. The highest BCUT2D eigenvalue weighted by atomic mass is 32.2. The van der Waals surface area contributed by atoms with Gasteiger partial charge in [-0.2, -0.15) is 5.10 Å². The smallest absolute Gasteiger partial charge is 0.317 e. The van der Waals surface area contributed by atoms with Gasteiger partial charge in [-0.25, -0.2) is 13.2 Å². The van der Waals surface area contributed by atoms with Gasteiger partial charge in [0, 0.05) is 26.2 Å². The number of urea groups is 1. The Labute approximate surface area is 153 Å². The van der Waals surface area contributed by atoms with Gasteiger partial charge in [0.2, 0.25) is 0 Å². The number of aromatic nitrogens is 2. The van der Waals surface area contributed by atoms with Crippen molar-refractivity contribution in [3.05, 3.63) is 17.3 Å². The molecule has 2 saturated heterocycles. The van der Waals surface area contributed by atoms with Crippen LogP contribution in [0, 0.1) is 0 Å². The Balaban J connectivity index is 1.30. The third-order valence-electron chi connectivity index (χ3n) is 5.67. The number of sulfone groups is 1. The van der Waals surface area contributed by atoms with E-state index in [-0.39, 0.29) is 29.6 Å². The minimum atomic E-state index is -2.99. The number of fused-ring (bicyclic) bond motifs is 1. The molecule has 3 aliphatic rings. The highest BCUT2D eigenvalue weighted by molar-refractivity contribution is 7.91. The SMILES string of the molecule is CN(C(=O)NC1CCS(=O)(=O)C1)C1CN(c2cc3c(nn2)CCCC3)C1. The minimum absolute atomic E-state index is 0.0497. The first-order chi connectivity index (χ1) is 12.4. The second kappa shape index (κ2) is 6.68. The van der Waals surface area contributed by atoms with Crippen molar-refractivity contribution in [1.82, 2.24) is 20.4 Å². The maximum atomic E-state index is 12.4. The van der Waals surface area contributed by atoms with E-state index in [1.54, 1.807) is 11.9 Å².